The molecule has 0 radical (unpaired) electrons. The van der Waals surface area contributed by atoms with Crippen molar-refractivity contribution in [1.29, 1.82) is 0 Å². The lowest BCUT2D eigenvalue weighted by Crippen LogP contribution is -2.23. The van der Waals surface area contributed by atoms with E-state index in [1.807, 2.05) is 0 Å². The van der Waals surface area contributed by atoms with Crippen LogP contribution in [0.2, 0.25) is 0 Å². The third-order valence-corrected chi connectivity index (χ3v) is 3.83. The van der Waals surface area contributed by atoms with Gasteiger partial charge in [0.1, 0.15) is 12.0 Å². The predicted octanol–water partition coefficient (Wildman–Crippen LogP) is 2.58. The molecular formula is C19H18O8. The first kappa shape index (κ1) is 19.6. The summed E-state index contributed by atoms with van der Waals surface area (Å²) < 4.78 is 10.5. The molecule has 2 atom stereocenters. The number of hydrogen-bond donors (Lipinski definition) is 4. The Hall–Kier alpha value is -3.68. The average Bonchev–Trinajstić information content (AvgIpc) is 2.99. The molecule has 0 aliphatic carbocycles. The van der Waals surface area contributed by atoms with Gasteiger partial charge in [0.2, 0.25) is 0 Å². The van der Waals surface area contributed by atoms with Crippen molar-refractivity contribution in [3.63, 3.8) is 0 Å². The van der Waals surface area contributed by atoms with E-state index in [-0.39, 0.29) is 28.6 Å². The SMILES string of the molecule is C=C/C(O)=C(\C=C\[C@@H]1Oc2c(O)cc(/C=C/C(=O)O)cc2[C@H]1C(=O)O)OC. The molecule has 0 aromatic heterocycles. The number of aliphatic hydroxyl groups is 1. The first-order chi connectivity index (χ1) is 12.8. The fourth-order valence-electron chi connectivity index (χ4n) is 2.63. The molecule has 27 heavy (non-hydrogen) atoms. The molecule has 0 spiro atoms. The van der Waals surface area contributed by atoms with E-state index in [4.69, 9.17) is 14.6 Å². The normalized spacial score (nSPS) is 19.4. The first-order valence-corrected chi connectivity index (χ1v) is 7.73. The van der Waals surface area contributed by atoms with E-state index in [0.717, 1.165) is 12.2 Å². The van der Waals surface area contributed by atoms with Crippen LogP contribution < -0.4 is 4.74 Å². The number of carbonyl (C=O) groups is 2. The second-order valence-electron chi connectivity index (χ2n) is 5.55. The Balaban J connectivity index is 2.44. The van der Waals surface area contributed by atoms with Gasteiger partial charge in [-0.2, -0.15) is 0 Å². The van der Waals surface area contributed by atoms with E-state index in [9.17, 15) is 24.9 Å². The lowest BCUT2D eigenvalue weighted by atomic mass is 9.93. The van der Waals surface area contributed by atoms with Gasteiger partial charge in [0.05, 0.1) is 7.11 Å². The fraction of sp³-hybridized carbons (Fsp3) is 0.158. The number of aliphatic carboxylic acids is 2. The molecule has 0 saturated carbocycles. The third-order valence-electron chi connectivity index (χ3n) is 3.83. The number of carboxylic acids is 2. The summed E-state index contributed by atoms with van der Waals surface area (Å²) in [4.78, 5) is 22.4. The van der Waals surface area contributed by atoms with E-state index >= 15 is 0 Å². The lowest BCUT2D eigenvalue weighted by molar-refractivity contribution is -0.139. The summed E-state index contributed by atoms with van der Waals surface area (Å²) in [6.07, 6.45) is 5.00. The predicted molar refractivity (Wildman–Crippen MR) is 95.6 cm³/mol. The Labute approximate surface area is 154 Å². The molecule has 8 nitrogen and oxygen atoms in total. The van der Waals surface area contributed by atoms with Crippen LogP contribution in [0.4, 0.5) is 0 Å². The highest BCUT2D eigenvalue weighted by molar-refractivity contribution is 5.86. The summed E-state index contributed by atoms with van der Waals surface area (Å²) in [5.41, 5.74) is 0.521. The Bertz CT molecular complexity index is 863. The quantitative estimate of drug-likeness (QED) is 0.325. The van der Waals surface area contributed by atoms with Crippen molar-refractivity contribution in [2.75, 3.05) is 7.11 Å². The van der Waals surface area contributed by atoms with Crippen LogP contribution >= 0.6 is 0 Å². The van der Waals surface area contributed by atoms with Gasteiger partial charge in [-0.15, -0.1) is 0 Å². The number of benzene rings is 1. The Morgan fingerprint density at radius 1 is 1.22 bits per heavy atom. The monoisotopic (exact) mass is 374 g/mol. The number of allylic oxidation sites excluding steroid dienone is 2. The zero-order chi connectivity index (χ0) is 20.1. The molecule has 1 aromatic rings. The number of hydrogen-bond acceptors (Lipinski definition) is 6. The number of aliphatic hydroxyl groups excluding tert-OH is 1. The third kappa shape index (κ3) is 4.30. The van der Waals surface area contributed by atoms with E-state index in [1.54, 1.807) is 0 Å². The van der Waals surface area contributed by atoms with Gasteiger partial charge in [0.15, 0.2) is 23.0 Å². The maximum Gasteiger partial charge on any atom is 0.328 e. The van der Waals surface area contributed by atoms with Gasteiger partial charge in [-0.25, -0.2) is 4.79 Å². The summed E-state index contributed by atoms with van der Waals surface area (Å²) in [5.74, 6) is -4.01. The summed E-state index contributed by atoms with van der Waals surface area (Å²) in [6.45, 7) is 3.41. The number of ether oxygens (including phenoxy) is 2. The van der Waals surface area contributed by atoms with Crippen molar-refractivity contribution < 1.29 is 39.5 Å². The number of phenolic OH excluding ortho intramolecular Hbond substituents is 1. The zero-order valence-corrected chi connectivity index (χ0v) is 14.3. The van der Waals surface area contributed by atoms with Gasteiger partial charge in [-0.3, -0.25) is 4.79 Å². The van der Waals surface area contributed by atoms with Gasteiger partial charge in [-0.05, 0) is 42.0 Å². The van der Waals surface area contributed by atoms with Gasteiger partial charge in [-0.1, -0.05) is 6.58 Å². The molecule has 1 heterocycles. The standard InChI is InChI=1S/C19H18O8/c1-3-12(20)14(26-2)5-6-15-17(19(24)25)11-8-10(4-7-16(22)23)9-13(21)18(11)27-15/h3-9,15,17,20-21H,1H2,2H3,(H,22,23)(H,24,25)/b6-5+,7-4+,14-12-/t15-,17+/m0/s1. The smallest absolute Gasteiger partial charge is 0.328 e. The van der Waals surface area contributed by atoms with Crippen LogP contribution in [0.1, 0.15) is 17.0 Å². The van der Waals surface area contributed by atoms with Crippen LogP contribution in [0, 0.1) is 0 Å². The zero-order valence-electron chi connectivity index (χ0n) is 14.3. The van der Waals surface area contributed by atoms with E-state index in [2.05, 4.69) is 6.58 Å². The number of carboxylic acid groups (broad SMARTS) is 2. The maximum absolute atomic E-state index is 11.8. The molecule has 1 aromatic carbocycles. The van der Waals surface area contributed by atoms with Crippen molar-refractivity contribution in [3.05, 3.63) is 65.7 Å². The number of phenols is 1. The number of aromatic hydroxyl groups is 1. The van der Waals surface area contributed by atoms with Crippen LogP contribution in [0.15, 0.2) is 54.5 Å². The molecular weight excluding hydrogens is 356 g/mol. The maximum atomic E-state index is 11.8. The second-order valence-corrected chi connectivity index (χ2v) is 5.55. The number of methoxy groups -OCH3 is 1. The van der Waals surface area contributed by atoms with Crippen molar-refractivity contribution in [1.82, 2.24) is 0 Å². The Morgan fingerprint density at radius 2 is 1.93 bits per heavy atom. The van der Waals surface area contributed by atoms with Gasteiger partial charge in [0, 0.05) is 11.6 Å². The van der Waals surface area contributed by atoms with Gasteiger partial charge >= 0.3 is 11.9 Å². The molecule has 0 amide bonds. The van der Waals surface area contributed by atoms with Crippen molar-refractivity contribution in [2.45, 2.75) is 12.0 Å². The molecule has 4 N–H and O–H groups in total. The molecule has 1 aliphatic heterocycles. The fourth-order valence-corrected chi connectivity index (χ4v) is 2.63. The minimum absolute atomic E-state index is 0.000383. The van der Waals surface area contributed by atoms with Crippen LogP contribution in [0.25, 0.3) is 6.08 Å². The summed E-state index contributed by atoms with van der Waals surface area (Å²) in [5, 5.41) is 38.1. The number of fused-ring (bicyclic) bond motifs is 1. The van der Waals surface area contributed by atoms with Crippen LogP contribution in [0.5, 0.6) is 11.5 Å². The van der Waals surface area contributed by atoms with Crippen LogP contribution in [-0.4, -0.2) is 45.6 Å². The Kier molecular flexibility index (Phi) is 5.92. The highest BCUT2D eigenvalue weighted by Crippen LogP contribution is 2.45. The van der Waals surface area contributed by atoms with E-state index in [1.165, 1.54) is 37.5 Å². The van der Waals surface area contributed by atoms with E-state index < -0.39 is 24.0 Å². The molecule has 8 heteroatoms. The topological polar surface area (TPSA) is 134 Å². The van der Waals surface area contributed by atoms with Gasteiger partial charge < -0.3 is 29.9 Å². The van der Waals surface area contributed by atoms with Crippen molar-refractivity contribution >= 4 is 18.0 Å². The second kappa shape index (κ2) is 8.13. The summed E-state index contributed by atoms with van der Waals surface area (Å²) in [6, 6.07) is 2.71. The average molecular weight is 374 g/mol. The molecule has 0 fully saturated rings. The van der Waals surface area contributed by atoms with Crippen LogP contribution in [-0.2, 0) is 14.3 Å². The molecule has 0 bridgehead atoms. The highest BCUT2D eigenvalue weighted by atomic mass is 16.5. The minimum atomic E-state index is -1.20. The minimum Gasteiger partial charge on any atom is -0.504 e. The Morgan fingerprint density at radius 3 is 2.48 bits per heavy atom. The summed E-state index contributed by atoms with van der Waals surface area (Å²) >= 11 is 0. The lowest BCUT2D eigenvalue weighted by Gasteiger charge is -2.11. The molecule has 2 rings (SSSR count). The van der Waals surface area contributed by atoms with Gasteiger partial charge in [0.25, 0.3) is 0 Å². The highest BCUT2D eigenvalue weighted by Gasteiger charge is 2.40. The van der Waals surface area contributed by atoms with E-state index in [0.29, 0.717) is 5.56 Å². The number of rotatable bonds is 7. The van der Waals surface area contributed by atoms with Crippen molar-refractivity contribution in [2.24, 2.45) is 0 Å². The largest absolute Gasteiger partial charge is 0.504 e. The molecule has 0 saturated heterocycles. The van der Waals surface area contributed by atoms with Crippen LogP contribution in [0.3, 0.4) is 0 Å². The molecule has 1 aliphatic rings. The van der Waals surface area contributed by atoms with Crippen molar-refractivity contribution in [3.8, 4) is 11.5 Å². The first-order valence-electron chi connectivity index (χ1n) is 7.73. The summed E-state index contributed by atoms with van der Waals surface area (Å²) in [7, 11) is 1.32. The molecule has 0 unspecified atom stereocenters. The molecule has 142 valence electrons.